The van der Waals surface area contributed by atoms with E-state index in [9.17, 15) is 31.7 Å². The fraction of sp³-hybridized carbons (Fsp3) is 0.111. The zero-order valence-corrected chi connectivity index (χ0v) is 17.4. The SMILES string of the molecule is Cc1ccc(N=Nc2c(S(O)(O)O)cc3cc(S(=O)(=O)O)c(C)c(N)c3c2O)cc1. The topological polar surface area (TPSA) is 186 Å². The number of anilines is 1. The lowest BCUT2D eigenvalue weighted by molar-refractivity contribution is 0.375. The van der Waals surface area contributed by atoms with Gasteiger partial charge in [0.25, 0.3) is 10.1 Å². The number of nitrogens with zero attached hydrogens (tertiary/aromatic N) is 2. The van der Waals surface area contributed by atoms with Gasteiger partial charge in [0.05, 0.1) is 15.5 Å². The van der Waals surface area contributed by atoms with Gasteiger partial charge in [0.1, 0.15) is 16.6 Å². The Morgan fingerprint density at radius 3 is 2.00 bits per heavy atom. The van der Waals surface area contributed by atoms with Gasteiger partial charge in [0.15, 0.2) is 5.75 Å². The molecule has 0 heterocycles. The maximum absolute atomic E-state index is 11.6. The molecule has 160 valence electrons. The summed E-state index contributed by atoms with van der Waals surface area (Å²) in [6.45, 7) is 3.21. The van der Waals surface area contributed by atoms with E-state index in [4.69, 9.17) is 5.73 Å². The molecule has 3 aromatic rings. The summed E-state index contributed by atoms with van der Waals surface area (Å²) in [4.78, 5) is -1.12. The number of phenols is 1. The summed E-state index contributed by atoms with van der Waals surface area (Å²) in [7, 11) is -9.05. The van der Waals surface area contributed by atoms with E-state index in [1.165, 1.54) is 6.92 Å². The highest BCUT2D eigenvalue weighted by molar-refractivity contribution is 8.19. The molecule has 0 aliphatic carbocycles. The smallest absolute Gasteiger partial charge is 0.294 e. The van der Waals surface area contributed by atoms with Crippen LogP contribution >= 0.6 is 10.9 Å². The Labute approximate surface area is 173 Å². The van der Waals surface area contributed by atoms with Gasteiger partial charge in [-0.3, -0.25) is 4.55 Å². The maximum Gasteiger partial charge on any atom is 0.294 e. The first-order chi connectivity index (χ1) is 13.8. The fourth-order valence-corrected chi connectivity index (χ4v) is 4.37. The molecule has 7 N–H and O–H groups in total. The zero-order valence-electron chi connectivity index (χ0n) is 15.8. The van der Waals surface area contributed by atoms with E-state index in [0.717, 1.165) is 17.7 Å². The summed E-state index contributed by atoms with van der Waals surface area (Å²) in [6, 6.07) is 8.83. The molecule has 0 atom stereocenters. The molecule has 0 bridgehead atoms. The largest absolute Gasteiger partial charge is 0.505 e. The molecule has 3 aromatic carbocycles. The number of hydrogen-bond donors (Lipinski definition) is 6. The van der Waals surface area contributed by atoms with Crippen molar-refractivity contribution >= 4 is 48.8 Å². The van der Waals surface area contributed by atoms with Crippen LogP contribution in [0.25, 0.3) is 10.8 Å². The molecule has 30 heavy (non-hydrogen) atoms. The quantitative estimate of drug-likeness (QED) is 0.181. The van der Waals surface area contributed by atoms with E-state index < -0.39 is 42.2 Å². The molecular formula is C18H19N3O7S2. The van der Waals surface area contributed by atoms with Gasteiger partial charge >= 0.3 is 0 Å². The van der Waals surface area contributed by atoms with Crippen molar-refractivity contribution in [3.8, 4) is 5.75 Å². The van der Waals surface area contributed by atoms with Gasteiger partial charge in [-0.2, -0.15) is 13.5 Å². The van der Waals surface area contributed by atoms with Crippen LogP contribution in [0.3, 0.4) is 0 Å². The molecule has 0 unspecified atom stereocenters. The summed E-state index contributed by atoms with van der Waals surface area (Å²) in [6.07, 6.45) is 0. The second-order valence-electron chi connectivity index (χ2n) is 6.61. The molecule has 0 amide bonds. The highest BCUT2D eigenvalue weighted by atomic mass is 32.3. The van der Waals surface area contributed by atoms with Crippen molar-refractivity contribution in [3.05, 3.63) is 47.5 Å². The van der Waals surface area contributed by atoms with Gasteiger partial charge in [-0.15, -0.1) is 5.11 Å². The van der Waals surface area contributed by atoms with E-state index >= 15 is 0 Å². The van der Waals surface area contributed by atoms with Crippen molar-refractivity contribution in [1.29, 1.82) is 0 Å². The van der Waals surface area contributed by atoms with Gasteiger partial charge < -0.3 is 24.5 Å². The van der Waals surface area contributed by atoms with Crippen molar-refractivity contribution in [2.75, 3.05) is 5.73 Å². The van der Waals surface area contributed by atoms with Gasteiger partial charge in [-0.1, -0.05) is 17.7 Å². The number of fused-ring (bicyclic) bond motifs is 1. The summed E-state index contributed by atoms with van der Waals surface area (Å²) in [5, 5.41) is 18.4. The third-order valence-corrected chi connectivity index (χ3v) is 6.35. The number of aromatic hydroxyl groups is 1. The predicted octanol–water partition coefficient (Wildman–Crippen LogP) is 4.99. The predicted molar refractivity (Wildman–Crippen MR) is 114 cm³/mol. The maximum atomic E-state index is 11.6. The highest BCUT2D eigenvalue weighted by Gasteiger charge is 2.28. The van der Waals surface area contributed by atoms with E-state index in [2.05, 4.69) is 10.2 Å². The van der Waals surface area contributed by atoms with Crippen molar-refractivity contribution in [2.24, 2.45) is 10.2 Å². The number of benzene rings is 3. The van der Waals surface area contributed by atoms with Gasteiger partial charge in [-0.25, -0.2) is 0 Å². The first kappa shape index (κ1) is 22.0. The summed E-state index contributed by atoms with van der Waals surface area (Å²) in [5.74, 6) is -0.644. The van der Waals surface area contributed by atoms with Crippen LogP contribution in [0, 0.1) is 13.8 Å². The average Bonchev–Trinajstić information content (AvgIpc) is 2.63. The lowest BCUT2D eigenvalue weighted by Crippen LogP contribution is -2.05. The van der Waals surface area contributed by atoms with Crippen molar-refractivity contribution < 1.29 is 31.7 Å². The van der Waals surface area contributed by atoms with Gasteiger partial charge in [0.2, 0.25) is 0 Å². The molecule has 0 aromatic heterocycles. The van der Waals surface area contributed by atoms with Crippen LogP contribution in [-0.2, 0) is 10.1 Å². The summed E-state index contributed by atoms with van der Waals surface area (Å²) >= 11 is 0. The van der Waals surface area contributed by atoms with Crippen LogP contribution in [0.5, 0.6) is 5.75 Å². The minimum Gasteiger partial charge on any atom is -0.505 e. The summed E-state index contributed by atoms with van der Waals surface area (Å²) < 4.78 is 62.1. The standard InChI is InChI=1S/C18H19N3O7S2/c1-9-3-5-12(6-4-9)20-21-17-14(30(26,27)28)8-11-7-13(29(23,24)25)10(2)16(19)15(11)18(17)22/h3-8,22,26-28H,19H2,1-2H3,(H,23,24,25). The molecule has 0 radical (unpaired) electrons. The normalized spacial score (nSPS) is 13.3. The lowest BCUT2D eigenvalue weighted by Gasteiger charge is -2.23. The van der Waals surface area contributed by atoms with E-state index in [1.54, 1.807) is 24.3 Å². The van der Waals surface area contributed by atoms with Crippen LogP contribution in [0.2, 0.25) is 0 Å². The van der Waals surface area contributed by atoms with Crippen LogP contribution in [-0.4, -0.2) is 31.7 Å². The molecule has 10 nitrogen and oxygen atoms in total. The lowest BCUT2D eigenvalue weighted by atomic mass is 10.0. The number of aryl methyl sites for hydroxylation is 1. The Morgan fingerprint density at radius 2 is 1.47 bits per heavy atom. The van der Waals surface area contributed by atoms with Crippen molar-refractivity contribution in [2.45, 2.75) is 23.6 Å². The van der Waals surface area contributed by atoms with E-state index in [1.807, 2.05) is 6.92 Å². The molecule has 0 spiro atoms. The molecule has 12 heteroatoms. The second-order valence-corrected chi connectivity index (χ2v) is 9.48. The van der Waals surface area contributed by atoms with Crippen LogP contribution < -0.4 is 5.73 Å². The van der Waals surface area contributed by atoms with Crippen molar-refractivity contribution in [1.82, 2.24) is 0 Å². The van der Waals surface area contributed by atoms with Crippen LogP contribution in [0.4, 0.5) is 17.1 Å². The molecule has 0 saturated heterocycles. The third kappa shape index (κ3) is 4.09. The van der Waals surface area contributed by atoms with E-state index in [-0.39, 0.29) is 22.0 Å². The molecule has 3 rings (SSSR count). The molecule has 0 saturated carbocycles. The summed E-state index contributed by atoms with van der Waals surface area (Å²) in [5.41, 5.74) is 6.71. The van der Waals surface area contributed by atoms with Gasteiger partial charge in [0, 0.05) is 11.1 Å². The Morgan fingerprint density at radius 1 is 0.900 bits per heavy atom. The first-order valence-electron chi connectivity index (χ1n) is 8.36. The fourth-order valence-electron chi connectivity index (χ4n) is 2.91. The second kappa shape index (κ2) is 7.50. The molecular weight excluding hydrogens is 434 g/mol. The van der Waals surface area contributed by atoms with Crippen LogP contribution in [0.1, 0.15) is 11.1 Å². The number of nitrogens with two attached hydrogens (primary N) is 1. The average molecular weight is 453 g/mol. The van der Waals surface area contributed by atoms with Crippen molar-refractivity contribution in [3.63, 3.8) is 0 Å². The minimum absolute atomic E-state index is 0.0231. The number of azo groups is 1. The number of nitrogen functional groups attached to an aromatic ring is 1. The number of rotatable bonds is 4. The third-order valence-electron chi connectivity index (χ3n) is 4.47. The Balaban J connectivity index is 2.35. The van der Waals surface area contributed by atoms with Crippen LogP contribution in [0.15, 0.2) is 56.4 Å². The van der Waals surface area contributed by atoms with E-state index in [0.29, 0.717) is 5.69 Å². The zero-order chi connectivity index (χ0) is 22.4. The Hall–Kier alpha value is -2.74. The number of hydrogen-bond acceptors (Lipinski definition) is 9. The Kier molecular flexibility index (Phi) is 5.49. The minimum atomic E-state index is -4.65. The molecule has 0 aliphatic rings. The first-order valence-corrected chi connectivity index (χ1v) is 11.3. The molecule has 0 aliphatic heterocycles. The Bertz CT molecular complexity index is 1280. The monoisotopic (exact) mass is 453 g/mol. The van der Waals surface area contributed by atoms with Gasteiger partial charge in [-0.05, 0) is 49.1 Å². The molecule has 0 fully saturated rings. The highest BCUT2D eigenvalue weighted by Crippen LogP contribution is 2.55. The number of phenolic OH excluding ortho intramolecular Hbond substituents is 1.